The van der Waals surface area contributed by atoms with E-state index in [-0.39, 0.29) is 34.5 Å². The fourth-order valence-corrected chi connectivity index (χ4v) is 6.52. The fourth-order valence-electron chi connectivity index (χ4n) is 4.15. The molecule has 38 heavy (non-hydrogen) atoms. The molecule has 3 aromatic rings. The van der Waals surface area contributed by atoms with E-state index in [4.69, 9.17) is 24.3 Å². The average Bonchev–Trinajstić information content (AvgIpc) is 3.39. The third-order valence-corrected chi connectivity index (χ3v) is 17.6. The summed E-state index contributed by atoms with van der Waals surface area (Å²) in [5, 5.41) is 0.202. The van der Waals surface area contributed by atoms with Gasteiger partial charge in [-0.25, -0.2) is 9.97 Å². The molecule has 1 fully saturated rings. The summed E-state index contributed by atoms with van der Waals surface area (Å²) in [6, 6.07) is 9.94. The van der Waals surface area contributed by atoms with Crippen LogP contribution in [-0.2, 0) is 13.6 Å². The van der Waals surface area contributed by atoms with Crippen LogP contribution in [0.1, 0.15) is 54.2 Å². The molecule has 0 amide bonds. The molecule has 0 spiro atoms. The molecule has 0 unspecified atom stereocenters. The van der Waals surface area contributed by atoms with Crippen molar-refractivity contribution in [3.05, 3.63) is 36.7 Å². The zero-order valence-corrected chi connectivity index (χ0v) is 26.7. The molecule has 3 atom stereocenters. The second kappa shape index (κ2) is 10.1. The van der Waals surface area contributed by atoms with Crippen molar-refractivity contribution >= 4 is 33.7 Å². The number of fused-ring (bicyclic) bond motifs is 1. The summed E-state index contributed by atoms with van der Waals surface area (Å²) in [4.78, 5) is 13.8. The number of rotatable bonds is 7. The summed E-state index contributed by atoms with van der Waals surface area (Å²) >= 11 is 0. The number of aromatic nitrogens is 4. The Morgan fingerprint density at radius 3 is 2.21 bits per heavy atom. The summed E-state index contributed by atoms with van der Waals surface area (Å²) < 4.78 is 22.3. The zero-order valence-electron chi connectivity index (χ0n) is 24.7. The number of imidazole rings is 1. The minimum atomic E-state index is -2.05. The third kappa shape index (κ3) is 5.74. The van der Waals surface area contributed by atoms with Gasteiger partial charge in [0.1, 0.15) is 23.5 Å². The minimum absolute atomic E-state index is 0.0871. The first-order valence-corrected chi connectivity index (χ1v) is 19.3. The average molecular weight is 556 g/mol. The third-order valence-electron chi connectivity index (χ3n) is 8.64. The Morgan fingerprint density at radius 1 is 0.974 bits per heavy atom. The lowest BCUT2D eigenvalue weighted by Gasteiger charge is -2.40. The smallest absolute Gasteiger partial charge is 0.222 e. The number of nitrogen functional groups attached to an aromatic ring is 1. The van der Waals surface area contributed by atoms with E-state index in [0.717, 1.165) is 11.3 Å². The van der Waals surface area contributed by atoms with Gasteiger partial charge in [0.2, 0.25) is 5.95 Å². The molecule has 10 heteroatoms. The standard InChI is InChI=1S/C28H45N5O3Si2/c1-27(2,3)37(7,8)34-17-21-20(36-38(9,10)28(4,5)6)16-22(35-21)33-18-30-24-23(19-14-12-11-13-15-19)31-26(29)32-25(24)33/h11-15,18,20-22H,16-17H2,1-10H3,(H2,29,31,32)/t20-,21+,22+/m0/s1. The Labute approximate surface area is 229 Å². The molecule has 1 aromatic carbocycles. The molecular formula is C28H45N5O3Si2. The van der Waals surface area contributed by atoms with Crippen molar-refractivity contribution in [1.29, 1.82) is 0 Å². The molecular weight excluding hydrogens is 511 g/mol. The highest BCUT2D eigenvalue weighted by Crippen LogP contribution is 2.43. The molecule has 1 aliphatic heterocycles. The van der Waals surface area contributed by atoms with E-state index in [1.807, 2.05) is 34.9 Å². The summed E-state index contributed by atoms with van der Waals surface area (Å²) in [5.41, 5.74) is 9.21. The number of anilines is 1. The lowest BCUT2D eigenvalue weighted by atomic mass is 10.1. The number of hydrogen-bond donors (Lipinski definition) is 1. The quantitative estimate of drug-likeness (QED) is 0.321. The van der Waals surface area contributed by atoms with Gasteiger partial charge in [-0.15, -0.1) is 0 Å². The predicted octanol–water partition coefficient (Wildman–Crippen LogP) is 6.78. The molecule has 0 saturated carbocycles. The van der Waals surface area contributed by atoms with Gasteiger partial charge in [-0.2, -0.15) is 4.98 Å². The van der Waals surface area contributed by atoms with E-state index in [9.17, 15) is 0 Å². The highest BCUT2D eigenvalue weighted by molar-refractivity contribution is 6.74. The van der Waals surface area contributed by atoms with Crippen LogP contribution in [0.5, 0.6) is 0 Å². The molecule has 1 aliphatic rings. The van der Waals surface area contributed by atoms with Gasteiger partial charge in [0, 0.05) is 12.0 Å². The van der Waals surface area contributed by atoms with Gasteiger partial charge in [0.05, 0.1) is 19.0 Å². The highest BCUT2D eigenvalue weighted by Gasteiger charge is 2.47. The Hall–Kier alpha value is -2.12. The molecule has 8 nitrogen and oxygen atoms in total. The van der Waals surface area contributed by atoms with Gasteiger partial charge >= 0.3 is 0 Å². The van der Waals surface area contributed by atoms with E-state index < -0.39 is 16.6 Å². The first-order chi connectivity index (χ1) is 17.5. The van der Waals surface area contributed by atoms with Crippen LogP contribution in [0.3, 0.4) is 0 Å². The van der Waals surface area contributed by atoms with E-state index in [1.54, 1.807) is 6.33 Å². The summed E-state index contributed by atoms with van der Waals surface area (Å²) in [6.07, 6.45) is 1.91. The molecule has 4 rings (SSSR count). The fraction of sp³-hybridized carbons (Fsp3) is 0.607. The number of nitrogens with zero attached hydrogens (tertiary/aromatic N) is 4. The van der Waals surface area contributed by atoms with Crippen LogP contribution in [0.2, 0.25) is 36.3 Å². The van der Waals surface area contributed by atoms with E-state index >= 15 is 0 Å². The van der Waals surface area contributed by atoms with Crippen molar-refractivity contribution < 1.29 is 13.6 Å². The Kier molecular flexibility index (Phi) is 7.70. The van der Waals surface area contributed by atoms with Gasteiger partial charge in [0.15, 0.2) is 22.3 Å². The first kappa shape index (κ1) is 28.9. The van der Waals surface area contributed by atoms with Gasteiger partial charge in [-0.3, -0.25) is 4.57 Å². The van der Waals surface area contributed by atoms with Crippen LogP contribution >= 0.6 is 0 Å². The van der Waals surface area contributed by atoms with Crippen LogP contribution in [0.15, 0.2) is 36.7 Å². The van der Waals surface area contributed by atoms with Crippen molar-refractivity contribution in [1.82, 2.24) is 19.5 Å². The van der Waals surface area contributed by atoms with Crippen molar-refractivity contribution in [2.45, 2.75) is 103 Å². The molecule has 0 aliphatic carbocycles. The molecule has 0 radical (unpaired) electrons. The molecule has 2 N–H and O–H groups in total. The predicted molar refractivity (Wildman–Crippen MR) is 159 cm³/mol. The number of nitrogens with two attached hydrogens (primary N) is 1. The van der Waals surface area contributed by atoms with Crippen molar-refractivity contribution in [2.75, 3.05) is 12.3 Å². The molecule has 208 valence electrons. The molecule has 1 saturated heterocycles. The monoisotopic (exact) mass is 555 g/mol. The molecule has 2 aromatic heterocycles. The van der Waals surface area contributed by atoms with Gasteiger partial charge in [0.25, 0.3) is 0 Å². The molecule has 3 heterocycles. The lowest BCUT2D eigenvalue weighted by molar-refractivity contribution is -0.0383. The maximum absolute atomic E-state index is 6.94. The Bertz CT molecular complexity index is 1270. The minimum Gasteiger partial charge on any atom is -0.414 e. The van der Waals surface area contributed by atoms with E-state index in [1.165, 1.54) is 0 Å². The Morgan fingerprint density at radius 2 is 1.61 bits per heavy atom. The summed E-state index contributed by atoms with van der Waals surface area (Å²) in [6.45, 7) is 23.2. The first-order valence-electron chi connectivity index (χ1n) is 13.5. The topological polar surface area (TPSA) is 97.3 Å². The second-order valence-corrected chi connectivity index (χ2v) is 23.0. The number of ether oxygens (including phenoxy) is 1. The normalized spacial score (nSPS) is 21.4. The van der Waals surface area contributed by atoms with E-state index in [0.29, 0.717) is 24.2 Å². The second-order valence-electron chi connectivity index (χ2n) is 13.5. The molecule has 0 bridgehead atoms. The largest absolute Gasteiger partial charge is 0.414 e. The number of hydrogen-bond acceptors (Lipinski definition) is 7. The van der Waals surface area contributed by atoms with Crippen molar-refractivity contribution in [2.24, 2.45) is 0 Å². The van der Waals surface area contributed by atoms with Crippen LogP contribution in [0.25, 0.3) is 22.4 Å². The number of benzene rings is 1. The maximum Gasteiger partial charge on any atom is 0.222 e. The van der Waals surface area contributed by atoms with Crippen LogP contribution < -0.4 is 5.73 Å². The maximum atomic E-state index is 6.94. The SMILES string of the molecule is CC(C)(C)[Si](C)(C)OC[C@H]1O[C@@H](n2cnc3c(-c4ccccc4)nc(N)nc32)C[C@@H]1O[Si](C)(C)C(C)(C)C. The highest BCUT2D eigenvalue weighted by atomic mass is 28.4. The summed E-state index contributed by atoms with van der Waals surface area (Å²) in [7, 11) is -4.01. The van der Waals surface area contributed by atoms with E-state index in [2.05, 4.69) is 77.7 Å². The van der Waals surface area contributed by atoms with Crippen molar-refractivity contribution in [3.63, 3.8) is 0 Å². The van der Waals surface area contributed by atoms with Crippen LogP contribution in [0, 0.1) is 0 Å². The van der Waals surface area contributed by atoms with Gasteiger partial charge in [-0.1, -0.05) is 71.9 Å². The summed E-state index contributed by atoms with van der Waals surface area (Å²) in [5.74, 6) is 0.211. The van der Waals surface area contributed by atoms with Crippen molar-refractivity contribution in [3.8, 4) is 11.3 Å². The van der Waals surface area contributed by atoms with Gasteiger partial charge in [-0.05, 0) is 36.3 Å². The van der Waals surface area contributed by atoms with Crippen LogP contribution in [-0.4, -0.2) is 55.0 Å². The zero-order chi connectivity index (χ0) is 28.1. The van der Waals surface area contributed by atoms with Gasteiger partial charge < -0.3 is 19.3 Å². The lowest BCUT2D eigenvalue weighted by Crippen LogP contribution is -2.48. The van der Waals surface area contributed by atoms with Crippen LogP contribution in [0.4, 0.5) is 5.95 Å². The Balaban J connectivity index is 1.67.